The molecular weight excluding hydrogens is 316 g/mol. The molecule has 0 spiro atoms. The highest BCUT2D eigenvalue weighted by atomic mass is 16.4. The summed E-state index contributed by atoms with van der Waals surface area (Å²) in [4.78, 5) is 18.7. The van der Waals surface area contributed by atoms with Crippen LogP contribution in [0.15, 0.2) is 18.3 Å². The summed E-state index contributed by atoms with van der Waals surface area (Å²) in [5, 5.41) is 13.9. The highest BCUT2D eigenvalue weighted by molar-refractivity contribution is 5.88. The molecule has 6 rings (SSSR count). The van der Waals surface area contributed by atoms with Crippen molar-refractivity contribution in [1.82, 2.24) is 14.8 Å². The minimum absolute atomic E-state index is 0.0816. The third-order valence-electron chi connectivity index (χ3n) is 6.08. The Morgan fingerprint density at radius 3 is 2.64 bits per heavy atom. The molecule has 2 saturated carbocycles. The quantitative estimate of drug-likeness (QED) is 0.907. The Bertz CT molecular complexity index is 871. The van der Waals surface area contributed by atoms with E-state index in [-0.39, 0.29) is 11.5 Å². The van der Waals surface area contributed by atoms with E-state index in [9.17, 15) is 9.90 Å². The van der Waals surface area contributed by atoms with Crippen LogP contribution in [-0.2, 0) is 6.54 Å². The number of rotatable bonds is 5. The Morgan fingerprint density at radius 1 is 1.36 bits per heavy atom. The lowest BCUT2D eigenvalue weighted by Gasteiger charge is -2.18. The van der Waals surface area contributed by atoms with Crippen molar-refractivity contribution in [2.75, 3.05) is 11.4 Å². The molecule has 2 atom stereocenters. The molecule has 2 aromatic rings. The molecular formula is C19H22N4O2. The van der Waals surface area contributed by atoms with Crippen LogP contribution < -0.4 is 4.90 Å². The average molecular weight is 338 g/mol. The number of carbonyl (C=O) groups is 1. The second-order valence-corrected chi connectivity index (χ2v) is 7.96. The summed E-state index contributed by atoms with van der Waals surface area (Å²) in [6.07, 6.45) is 1.63. The van der Waals surface area contributed by atoms with Gasteiger partial charge >= 0.3 is 5.97 Å². The summed E-state index contributed by atoms with van der Waals surface area (Å²) in [7, 11) is 0. The predicted octanol–water partition coefficient (Wildman–Crippen LogP) is 2.52. The molecule has 25 heavy (non-hydrogen) atoms. The fourth-order valence-corrected chi connectivity index (χ4v) is 4.57. The van der Waals surface area contributed by atoms with Crippen molar-refractivity contribution in [3.05, 3.63) is 40.8 Å². The van der Waals surface area contributed by atoms with Crippen LogP contribution in [0.3, 0.4) is 0 Å². The summed E-state index contributed by atoms with van der Waals surface area (Å²) < 4.78 is 1.72. The van der Waals surface area contributed by atoms with Crippen molar-refractivity contribution in [3.8, 4) is 0 Å². The van der Waals surface area contributed by atoms with Crippen molar-refractivity contribution in [1.29, 1.82) is 0 Å². The normalized spacial score (nSPS) is 28.4. The molecule has 6 heteroatoms. The SMILES string of the molecule is Cc1nc(N2CC3C4C3C42)ccc1Cn1cc(C(=O)O)c(C(C)C)n1. The number of hydrogen-bond acceptors (Lipinski definition) is 4. The van der Waals surface area contributed by atoms with Crippen molar-refractivity contribution in [2.45, 2.75) is 39.3 Å². The summed E-state index contributed by atoms with van der Waals surface area (Å²) in [5.41, 5.74) is 3.00. The lowest BCUT2D eigenvalue weighted by atomic mass is 10.1. The highest BCUT2D eigenvalue weighted by Gasteiger charge is 2.80. The van der Waals surface area contributed by atoms with Crippen molar-refractivity contribution >= 4 is 11.8 Å². The van der Waals surface area contributed by atoms with E-state index in [2.05, 4.69) is 22.1 Å². The highest BCUT2D eigenvalue weighted by Crippen LogP contribution is 2.75. The first-order valence-electron chi connectivity index (χ1n) is 8.99. The minimum atomic E-state index is -0.921. The van der Waals surface area contributed by atoms with E-state index in [4.69, 9.17) is 4.98 Å². The van der Waals surface area contributed by atoms with Gasteiger partial charge in [0.05, 0.1) is 12.2 Å². The second kappa shape index (κ2) is 4.84. The predicted molar refractivity (Wildman–Crippen MR) is 93.0 cm³/mol. The largest absolute Gasteiger partial charge is 0.478 e. The maximum absolute atomic E-state index is 11.4. The van der Waals surface area contributed by atoms with E-state index in [1.165, 1.54) is 6.54 Å². The van der Waals surface area contributed by atoms with Crippen LogP contribution in [0.4, 0.5) is 5.82 Å². The van der Waals surface area contributed by atoms with Gasteiger partial charge in [0.2, 0.25) is 0 Å². The van der Waals surface area contributed by atoms with Gasteiger partial charge in [-0.3, -0.25) is 4.68 Å². The number of nitrogens with zero attached hydrogens (tertiary/aromatic N) is 4. The minimum Gasteiger partial charge on any atom is -0.478 e. The van der Waals surface area contributed by atoms with E-state index in [0.29, 0.717) is 12.2 Å². The van der Waals surface area contributed by atoms with E-state index >= 15 is 0 Å². The maximum atomic E-state index is 11.4. The summed E-state index contributed by atoms with van der Waals surface area (Å²) in [6, 6.07) is 4.98. The molecule has 6 nitrogen and oxygen atoms in total. The van der Waals surface area contributed by atoms with Gasteiger partial charge in [0.15, 0.2) is 0 Å². The molecule has 2 aliphatic heterocycles. The standard InChI is InChI=1S/C19H22N4O2/c1-9(2)17-13(19(24)25)7-22(21-17)6-11-4-5-14(20-10(11)3)23-8-12-15-16(12)18(15)23/h4-5,7,9,12,15-16,18H,6,8H2,1-3H3,(H,24,25). The number of carboxylic acid groups (broad SMARTS) is 1. The lowest BCUT2D eigenvalue weighted by molar-refractivity contribution is 0.0695. The zero-order chi connectivity index (χ0) is 17.5. The number of aromatic nitrogens is 3. The van der Waals surface area contributed by atoms with Crippen LogP contribution in [0.2, 0.25) is 0 Å². The third-order valence-corrected chi connectivity index (χ3v) is 6.08. The zero-order valence-corrected chi connectivity index (χ0v) is 14.7. The van der Waals surface area contributed by atoms with Crippen LogP contribution >= 0.6 is 0 Å². The van der Waals surface area contributed by atoms with Crippen LogP contribution in [0.5, 0.6) is 0 Å². The van der Waals surface area contributed by atoms with Gasteiger partial charge in [0.1, 0.15) is 11.4 Å². The summed E-state index contributed by atoms with van der Waals surface area (Å²) in [6.45, 7) is 7.67. The van der Waals surface area contributed by atoms with E-state index in [0.717, 1.165) is 40.9 Å². The van der Waals surface area contributed by atoms with E-state index < -0.39 is 5.97 Å². The topological polar surface area (TPSA) is 71.2 Å². The first-order valence-corrected chi connectivity index (χ1v) is 8.99. The number of aromatic carboxylic acids is 1. The third kappa shape index (κ3) is 2.12. The summed E-state index contributed by atoms with van der Waals surface area (Å²) >= 11 is 0. The van der Waals surface area contributed by atoms with Gasteiger partial charge in [0, 0.05) is 24.5 Å². The van der Waals surface area contributed by atoms with Crippen LogP contribution in [0, 0.1) is 24.7 Å². The molecule has 2 bridgehead atoms. The second-order valence-electron chi connectivity index (χ2n) is 7.96. The molecule has 4 fully saturated rings. The number of pyridine rings is 1. The van der Waals surface area contributed by atoms with Gasteiger partial charge in [-0.05, 0) is 42.2 Å². The number of hydrogen-bond donors (Lipinski definition) is 1. The molecule has 0 amide bonds. The van der Waals surface area contributed by atoms with Gasteiger partial charge in [-0.1, -0.05) is 19.9 Å². The first-order chi connectivity index (χ1) is 12.0. The molecule has 4 aliphatic rings. The number of carboxylic acids is 1. The van der Waals surface area contributed by atoms with E-state index in [1.807, 2.05) is 20.8 Å². The maximum Gasteiger partial charge on any atom is 0.339 e. The van der Waals surface area contributed by atoms with Crippen LogP contribution in [-0.4, -0.2) is 38.4 Å². The van der Waals surface area contributed by atoms with E-state index in [1.54, 1.807) is 10.9 Å². The van der Waals surface area contributed by atoms with Gasteiger partial charge in [0.25, 0.3) is 0 Å². The number of fused-ring (bicyclic) bond motifs is 1. The Kier molecular flexibility index (Phi) is 2.89. The molecule has 130 valence electrons. The Hall–Kier alpha value is -2.37. The fraction of sp³-hybridized carbons (Fsp3) is 0.526. The Morgan fingerprint density at radius 2 is 2.12 bits per heavy atom. The molecule has 4 heterocycles. The molecule has 2 saturated heterocycles. The monoisotopic (exact) mass is 338 g/mol. The Balaban J connectivity index is 1.39. The van der Waals surface area contributed by atoms with Gasteiger partial charge in [-0.25, -0.2) is 9.78 Å². The molecule has 1 N–H and O–H groups in total. The number of anilines is 1. The summed E-state index contributed by atoms with van der Waals surface area (Å²) in [5.74, 6) is 3.13. The Labute approximate surface area is 146 Å². The van der Waals surface area contributed by atoms with Crippen LogP contribution in [0.1, 0.15) is 47.1 Å². The van der Waals surface area contributed by atoms with Crippen molar-refractivity contribution < 1.29 is 9.90 Å². The van der Waals surface area contributed by atoms with Gasteiger partial charge in [-0.2, -0.15) is 5.10 Å². The van der Waals surface area contributed by atoms with Gasteiger partial charge in [-0.15, -0.1) is 0 Å². The number of piperidine rings is 1. The average Bonchev–Trinajstić information content (AvgIpc) is 3.24. The molecule has 2 unspecified atom stereocenters. The number of aryl methyl sites for hydroxylation is 1. The smallest absolute Gasteiger partial charge is 0.339 e. The molecule has 2 aliphatic carbocycles. The molecule has 2 aromatic heterocycles. The van der Waals surface area contributed by atoms with Gasteiger partial charge < -0.3 is 10.0 Å². The first kappa shape index (κ1) is 14.9. The van der Waals surface area contributed by atoms with Crippen molar-refractivity contribution in [3.63, 3.8) is 0 Å². The molecule has 0 aromatic carbocycles. The molecule has 0 radical (unpaired) electrons. The van der Waals surface area contributed by atoms with Crippen LogP contribution in [0.25, 0.3) is 0 Å². The lowest BCUT2D eigenvalue weighted by Crippen LogP contribution is -2.21. The zero-order valence-electron chi connectivity index (χ0n) is 14.7. The fourth-order valence-electron chi connectivity index (χ4n) is 4.57. The van der Waals surface area contributed by atoms with Crippen molar-refractivity contribution in [2.24, 2.45) is 17.8 Å².